The summed E-state index contributed by atoms with van der Waals surface area (Å²) in [6.45, 7) is 5.10. The van der Waals surface area contributed by atoms with Crippen LogP contribution < -0.4 is 29.6 Å². The van der Waals surface area contributed by atoms with E-state index in [1.807, 2.05) is 0 Å². The van der Waals surface area contributed by atoms with Gasteiger partial charge in [0.05, 0.1) is 12.7 Å². The van der Waals surface area contributed by atoms with E-state index >= 15 is 0 Å². The second-order valence-electron chi connectivity index (χ2n) is 2.28. The van der Waals surface area contributed by atoms with Gasteiger partial charge in [-0.15, -0.1) is 0 Å². The molecule has 0 aromatic rings. The van der Waals surface area contributed by atoms with E-state index in [0.29, 0.717) is 6.61 Å². The third-order valence-electron chi connectivity index (χ3n) is 1.00. The van der Waals surface area contributed by atoms with Crippen LogP contribution in [-0.2, 0) is 4.74 Å². The predicted octanol–water partition coefficient (Wildman–Crippen LogP) is -1.99. The molecule has 64 valence electrons. The number of aliphatic hydroxyl groups is 1. The first-order valence-corrected chi connectivity index (χ1v) is 3.53. The molecule has 0 radical (unpaired) electrons. The van der Waals surface area contributed by atoms with Gasteiger partial charge in [0.25, 0.3) is 0 Å². The Labute approximate surface area is 90.7 Å². The largest absolute Gasteiger partial charge is 1.00 e. The van der Waals surface area contributed by atoms with Gasteiger partial charge in [-0.25, -0.2) is 0 Å². The molecule has 0 aliphatic heterocycles. The monoisotopic (exact) mass is 172 g/mol. The van der Waals surface area contributed by atoms with Crippen LogP contribution in [0.5, 0.6) is 0 Å². The summed E-state index contributed by atoms with van der Waals surface area (Å²) in [4.78, 5) is 0. The van der Waals surface area contributed by atoms with Gasteiger partial charge in [-0.1, -0.05) is 13.3 Å². The SMILES string of the molecule is CCCCOCC(C)O.[Na+].[OH-]. The van der Waals surface area contributed by atoms with Crippen molar-refractivity contribution in [2.75, 3.05) is 13.2 Å². The average molecular weight is 172 g/mol. The number of hydrogen-bond acceptors (Lipinski definition) is 3. The van der Waals surface area contributed by atoms with Crippen LogP contribution in [0, 0.1) is 0 Å². The van der Waals surface area contributed by atoms with Gasteiger partial charge in [-0.2, -0.15) is 0 Å². The summed E-state index contributed by atoms with van der Waals surface area (Å²) < 4.78 is 5.09. The number of hydrogen-bond donors (Lipinski definition) is 1. The Hall–Kier alpha value is 0.880. The van der Waals surface area contributed by atoms with Gasteiger partial charge < -0.3 is 15.3 Å². The molecule has 0 heterocycles. The van der Waals surface area contributed by atoms with Crippen molar-refractivity contribution in [1.82, 2.24) is 0 Å². The van der Waals surface area contributed by atoms with Crippen LogP contribution in [0.3, 0.4) is 0 Å². The maximum atomic E-state index is 8.73. The third-order valence-corrected chi connectivity index (χ3v) is 1.00. The molecular weight excluding hydrogens is 155 g/mol. The number of unbranched alkanes of at least 4 members (excludes halogenated alkanes) is 1. The Kier molecular flexibility index (Phi) is 21.8. The number of ether oxygens (including phenoxy) is 1. The van der Waals surface area contributed by atoms with Gasteiger partial charge >= 0.3 is 29.6 Å². The average Bonchev–Trinajstić information content (AvgIpc) is 1.80. The van der Waals surface area contributed by atoms with Crippen molar-refractivity contribution in [2.24, 2.45) is 0 Å². The summed E-state index contributed by atoms with van der Waals surface area (Å²) >= 11 is 0. The molecule has 3 nitrogen and oxygen atoms in total. The standard InChI is InChI=1S/C7H16O2.Na.H2O/c1-3-4-5-9-6-7(2)8;;/h7-8H,3-6H2,1-2H3;;1H2/q;+1;/p-1. The van der Waals surface area contributed by atoms with Crippen LogP contribution in [0.25, 0.3) is 0 Å². The van der Waals surface area contributed by atoms with Crippen molar-refractivity contribution in [3.8, 4) is 0 Å². The first-order valence-electron chi connectivity index (χ1n) is 3.53. The maximum absolute atomic E-state index is 8.73. The smallest absolute Gasteiger partial charge is 0.870 e. The third kappa shape index (κ3) is 18.1. The Morgan fingerprint density at radius 2 is 2.00 bits per heavy atom. The molecule has 0 aromatic carbocycles. The molecule has 4 heteroatoms. The quantitative estimate of drug-likeness (QED) is 0.386. The first kappa shape index (κ1) is 17.8. The van der Waals surface area contributed by atoms with Gasteiger partial charge in [0.2, 0.25) is 0 Å². The van der Waals surface area contributed by atoms with Crippen molar-refractivity contribution in [3.63, 3.8) is 0 Å². The molecule has 0 bridgehead atoms. The molecule has 2 N–H and O–H groups in total. The fraction of sp³-hybridized carbons (Fsp3) is 1.00. The van der Waals surface area contributed by atoms with Gasteiger partial charge in [-0.3, -0.25) is 0 Å². The summed E-state index contributed by atoms with van der Waals surface area (Å²) in [6, 6.07) is 0. The molecule has 1 atom stereocenters. The molecule has 0 aromatic heterocycles. The summed E-state index contributed by atoms with van der Waals surface area (Å²) in [5.74, 6) is 0. The Bertz CT molecular complexity index is 59.6. The van der Waals surface area contributed by atoms with Crippen molar-refractivity contribution >= 4 is 0 Å². The van der Waals surface area contributed by atoms with Crippen LogP contribution >= 0.6 is 0 Å². The van der Waals surface area contributed by atoms with Crippen LogP contribution in [0.1, 0.15) is 26.7 Å². The Balaban J connectivity index is -0.000000320. The van der Waals surface area contributed by atoms with Gasteiger partial charge in [0.1, 0.15) is 0 Å². The molecule has 0 spiro atoms. The molecule has 0 rings (SSSR count). The predicted molar refractivity (Wildman–Crippen MR) is 39.3 cm³/mol. The minimum absolute atomic E-state index is 0. The van der Waals surface area contributed by atoms with Crippen molar-refractivity contribution < 1.29 is 44.9 Å². The van der Waals surface area contributed by atoms with Gasteiger partial charge in [0.15, 0.2) is 0 Å². The molecule has 0 aliphatic carbocycles. The molecule has 0 saturated heterocycles. The second kappa shape index (κ2) is 13.5. The second-order valence-corrected chi connectivity index (χ2v) is 2.28. The molecule has 0 amide bonds. The number of rotatable bonds is 5. The van der Waals surface area contributed by atoms with E-state index in [4.69, 9.17) is 9.84 Å². The van der Waals surface area contributed by atoms with E-state index in [1.165, 1.54) is 0 Å². The zero-order chi connectivity index (χ0) is 7.11. The van der Waals surface area contributed by atoms with Gasteiger partial charge in [0, 0.05) is 6.61 Å². The van der Waals surface area contributed by atoms with Crippen molar-refractivity contribution in [3.05, 3.63) is 0 Å². The zero-order valence-electron chi connectivity index (χ0n) is 7.71. The topological polar surface area (TPSA) is 59.5 Å². The summed E-state index contributed by atoms with van der Waals surface area (Å²) in [7, 11) is 0. The van der Waals surface area contributed by atoms with E-state index in [-0.39, 0.29) is 41.1 Å². The molecule has 1 unspecified atom stereocenters. The molecule has 0 saturated carbocycles. The van der Waals surface area contributed by atoms with E-state index < -0.39 is 0 Å². The zero-order valence-corrected chi connectivity index (χ0v) is 9.71. The Morgan fingerprint density at radius 3 is 2.36 bits per heavy atom. The van der Waals surface area contributed by atoms with E-state index in [1.54, 1.807) is 6.92 Å². The van der Waals surface area contributed by atoms with E-state index in [2.05, 4.69) is 6.92 Å². The fourth-order valence-corrected chi connectivity index (χ4v) is 0.500. The molecular formula is C7H17NaO3. The van der Waals surface area contributed by atoms with E-state index in [9.17, 15) is 0 Å². The van der Waals surface area contributed by atoms with Crippen molar-refractivity contribution in [2.45, 2.75) is 32.8 Å². The fourth-order valence-electron chi connectivity index (χ4n) is 0.500. The molecule has 11 heavy (non-hydrogen) atoms. The minimum atomic E-state index is -0.318. The van der Waals surface area contributed by atoms with E-state index in [0.717, 1.165) is 19.4 Å². The molecule has 0 fully saturated rings. The van der Waals surface area contributed by atoms with Crippen LogP contribution in [0.15, 0.2) is 0 Å². The summed E-state index contributed by atoms with van der Waals surface area (Å²) in [5.41, 5.74) is 0. The number of aliphatic hydroxyl groups excluding tert-OH is 1. The first-order chi connectivity index (χ1) is 4.27. The van der Waals surface area contributed by atoms with Crippen LogP contribution in [0.2, 0.25) is 0 Å². The van der Waals surface area contributed by atoms with Crippen LogP contribution in [-0.4, -0.2) is 29.9 Å². The Morgan fingerprint density at radius 1 is 1.45 bits per heavy atom. The minimum Gasteiger partial charge on any atom is -0.870 e. The maximum Gasteiger partial charge on any atom is 1.00 e. The van der Waals surface area contributed by atoms with Crippen LogP contribution in [0.4, 0.5) is 0 Å². The normalized spacial score (nSPS) is 11.2. The van der Waals surface area contributed by atoms with Gasteiger partial charge in [-0.05, 0) is 13.3 Å². The van der Waals surface area contributed by atoms with Crippen molar-refractivity contribution in [1.29, 1.82) is 0 Å². The summed E-state index contributed by atoms with van der Waals surface area (Å²) in [5, 5.41) is 8.73. The summed E-state index contributed by atoms with van der Waals surface area (Å²) in [6.07, 6.45) is 1.92. The molecule has 0 aliphatic rings.